The minimum absolute atomic E-state index is 0.216. The first-order valence-corrected chi connectivity index (χ1v) is 11.6. The van der Waals surface area contributed by atoms with E-state index in [1.54, 1.807) is 0 Å². The summed E-state index contributed by atoms with van der Waals surface area (Å²) in [6.45, 7) is 9.56. The van der Waals surface area contributed by atoms with Crippen LogP contribution in [0.1, 0.15) is 39.5 Å². The minimum atomic E-state index is -0.680. The Hall–Kier alpha value is -1.34. The summed E-state index contributed by atoms with van der Waals surface area (Å²) in [6, 6.07) is 4.16. The van der Waals surface area contributed by atoms with E-state index in [2.05, 4.69) is 12.1 Å². The van der Waals surface area contributed by atoms with Gasteiger partial charge in [0.2, 0.25) is 0 Å². The third kappa shape index (κ3) is 16.9. The van der Waals surface area contributed by atoms with Crippen molar-refractivity contribution in [2.24, 2.45) is 0 Å². The van der Waals surface area contributed by atoms with Gasteiger partial charge in [0.1, 0.15) is 12.2 Å². The standard InChI is InChI=1S/C23H40N2O8/c1-23(2)32-21(19-30-17-15-28-13-11-26-9-5-3-7-24)22(33-23)20-31-18-16-29-14-12-27-10-6-4-8-25/h21-22H,3-6,9-20H2,1-2H3. The van der Waals surface area contributed by atoms with Gasteiger partial charge in [-0.15, -0.1) is 0 Å². The lowest BCUT2D eigenvalue weighted by molar-refractivity contribution is -0.155. The molecule has 0 bridgehead atoms. The summed E-state index contributed by atoms with van der Waals surface area (Å²) >= 11 is 0. The molecule has 1 aliphatic rings. The van der Waals surface area contributed by atoms with Crippen molar-refractivity contribution >= 4 is 0 Å². The van der Waals surface area contributed by atoms with E-state index in [1.165, 1.54) is 0 Å². The minimum Gasteiger partial charge on any atom is -0.379 e. The number of nitriles is 2. The summed E-state index contributed by atoms with van der Waals surface area (Å²) in [6.07, 6.45) is 2.09. The largest absolute Gasteiger partial charge is 0.379 e. The van der Waals surface area contributed by atoms with Crippen LogP contribution in [0.2, 0.25) is 0 Å². The van der Waals surface area contributed by atoms with Crippen molar-refractivity contribution in [1.82, 2.24) is 0 Å². The Morgan fingerprint density at radius 3 is 1.27 bits per heavy atom. The monoisotopic (exact) mass is 472 g/mol. The predicted octanol–water partition coefficient (Wildman–Crippen LogP) is 2.21. The Balaban J connectivity index is 2.01. The van der Waals surface area contributed by atoms with Crippen molar-refractivity contribution in [2.75, 3.05) is 79.3 Å². The highest BCUT2D eigenvalue weighted by Gasteiger charge is 2.41. The Kier molecular flexibility index (Phi) is 18.1. The van der Waals surface area contributed by atoms with E-state index >= 15 is 0 Å². The molecule has 0 saturated carbocycles. The number of nitrogens with zero attached hydrogens (tertiary/aromatic N) is 2. The fourth-order valence-corrected chi connectivity index (χ4v) is 2.98. The summed E-state index contributed by atoms with van der Waals surface area (Å²) in [5, 5.41) is 16.9. The molecule has 0 amide bonds. The van der Waals surface area contributed by atoms with Crippen LogP contribution in [-0.4, -0.2) is 97.3 Å². The lowest BCUT2D eigenvalue weighted by Gasteiger charge is -2.17. The molecule has 1 fully saturated rings. The Morgan fingerprint density at radius 2 is 0.909 bits per heavy atom. The quantitative estimate of drug-likeness (QED) is 0.217. The maximum absolute atomic E-state index is 8.45. The lowest BCUT2D eigenvalue weighted by atomic mass is 10.2. The molecule has 0 radical (unpaired) electrons. The Morgan fingerprint density at radius 1 is 0.576 bits per heavy atom. The maximum atomic E-state index is 8.45. The van der Waals surface area contributed by atoms with E-state index in [9.17, 15) is 0 Å². The molecule has 0 aromatic carbocycles. The second-order valence-electron chi connectivity index (χ2n) is 7.84. The van der Waals surface area contributed by atoms with Crippen LogP contribution in [0.3, 0.4) is 0 Å². The molecular formula is C23H40N2O8. The molecule has 0 aromatic heterocycles. The van der Waals surface area contributed by atoms with Crippen LogP contribution in [0.15, 0.2) is 0 Å². The number of hydrogen-bond acceptors (Lipinski definition) is 10. The zero-order valence-corrected chi connectivity index (χ0v) is 20.1. The molecule has 33 heavy (non-hydrogen) atoms. The third-order valence-corrected chi connectivity index (χ3v) is 4.49. The molecule has 10 nitrogen and oxygen atoms in total. The van der Waals surface area contributed by atoms with Crippen molar-refractivity contribution < 1.29 is 37.9 Å². The molecule has 10 heteroatoms. The Bertz CT molecular complexity index is 504. The lowest BCUT2D eigenvalue weighted by Crippen LogP contribution is -2.32. The fraction of sp³-hybridized carbons (Fsp3) is 0.913. The van der Waals surface area contributed by atoms with E-state index in [-0.39, 0.29) is 12.2 Å². The van der Waals surface area contributed by atoms with Crippen LogP contribution in [0.4, 0.5) is 0 Å². The Labute approximate surface area is 197 Å². The van der Waals surface area contributed by atoms with Gasteiger partial charge >= 0.3 is 0 Å². The van der Waals surface area contributed by atoms with Crippen molar-refractivity contribution in [3.05, 3.63) is 0 Å². The van der Waals surface area contributed by atoms with Gasteiger partial charge in [0, 0.05) is 26.1 Å². The van der Waals surface area contributed by atoms with E-state index < -0.39 is 5.79 Å². The molecule has 0 aromatic rings. The summed E-state index contributed by atoms with van der Waals surface area (Å²) in [4.78, 5) is 0. The maximum Gasteiger partial charge on any atom is 0.163 e. The van der Waals surface area contributed by atoms with E-state index in [0.717, 1.165) is 12.8 Å². The molecule has 1 aliphatic heterocycles. The highest BCUT2D eigenvalue weighted by atomic mass is 16.8. The van der Waals surface area contributed by atoms with Gasteiger partial charge in [0.05, 0.1) is 78.2 Å². The molecule has 2 unspecified atom stereocenters. The highest BCUT2D eigenvalue weighted by molar-refractivity contribution is 4.81. The first-order valence-electron chi connectivity index (χ1n) is 11.6. The zero-order chi connectivity index (χ0) is 24.0. The van der Waals surface area contributed by atoms with Crippen LogP contribution in [-0.2, 0) is 37.9 Å². The number of unbranched alkanes of at least 4 members (excludes halogenated alkanes) is 2. The van der Waals surface area contributed by atoms with Crippen LogP contribution >= 0.6 is 0 Å². The smallest absolute Gasteiger partial charge is 0.163 e. The summed E-state index contributed by atoms with van der Waals surface area (Å²) in [7, 11) is 0. The van der Waals surface area contributed by atoms with Gasteiger partial charge in [-0.25, -0.2) is 0 Å². The molecule has 2 atom stereocenters. The summed E-state index contributed by atoms with van der Waals surface area (Å²) in [5.74, 6) is -0.680. The predicted molar refractivity (Wildman–Crippen MR) is 118 cm³/mol. The summed E-state index contributed by atoms with van der Waals surface area (Å²) < 4.78 is 44.9. The normalized spacial score (nSPS) is 19.4. The van der Waals surface area contributed by atoms with E-state index in [0.29, 0.717) is 92.1 Å². The summed E-state index contributed by atoms with van der Waals surface area (Å²) in [5.41, 5.74) is 0. The van der Waals surface area contributed by atoms with Gasteiger partial charge in [0.25, 0.3) is 0 Å². The second kappa shape index (κ2) is 20.1. The van der Waals surface area contributed by atoms with Gasteiger partial charge < -0.3 is 37.9 Å². The van der Waals surface area contributed by atoms with Gasteiger partial charge in [-0.1, -0.05) is 0 Å². The molecule has 1 saturated heterocycles. The SMILES string of the molecule is CC1(C)OC(COCCOCCOCCCC#N)C(COCCOCCOCCCC#N)O1. The van der Waals surface area contributed by atoms with Crippen molar-refractivity contribution in [3.63, 3.8) is 0 Å². The van der Waals surface area contributed by atoms with Crippen LogP contribution < -0.4 is 0 Å². The average molecular weight is 473 g/mol. The third-order valence-electron chi connectivity index (χ3n) is 4.49. The number of hydrogen-bond donors (Lipinski definition) is 0. The van der Waals surface area contributed by atoms with Gasteiger partial charge in [-0.05, 0) is 26.7 Å². The molecule has 1 heterocycles. The first kappa shape index (κ1) is 29.7. The topological polar surface area (TPSA) is 121 Å². The van der Waals surface area contributed by atoms with Crippen LogP contribution in [0.25, 0.3) is 0 Å². The van der Waals surface area contributed by atoms with Crippen molar-refractivity contribution in [1.29, 1.82) is 10.5 Å². The molecule has 190 valence electrons. The number of ether oxygens (including phenoxy) is 8. The van der Waals surface area contributed by atoms with Crippen molar-refractivity contribution in [2.45, 2.75) is 57.5 Å². The van der Waals surface area contributed by atoms with E-state index in [4.69, 9.17) is 48.4 Å². The van der Waals surface area contributed by atoms with Crippen molar-refractivity contribution in [3.8, 4) is 12.1 Å². The molecule has 0 spiro atoms. The number of rotatable bonds is 22. The first-order chi connectivity index (χ1) is 16.1. The van der Waals surface area contributed by atoms with E-state index in [1.807, 2.05) is 13.8 Å². The molecule has 0 N–H and O–H groups in total. The van der Waals surface area contributed by atoms with Gasteiger partial charge in [0.15, 0.2) is 5.79 Å². The molecule has 1 rings (SSSR count). The average Bonchev–Trinajstić information content (AvgIpc) is 3.09. The zero-order valence-electron chi connectivity index (χ0n) is 20.1. The van der Waals surface area contributed by atoms with Gasteiger partial charge in [-0.2, -0.15) is 10.5 Å². The van der Waals surface area contributed by atoms with Gasteiger partial charge in [-0.3, -0.25) is 0 Å². The highest BCUT2D eigenvalue weighted by Crippen LogP contribution is 2.28. The van der Waals surface area contributed by atoms with Crippen LogP contribution in [0, 0.1) is 22.7 Å². The molecular weight excluding hydrogens is 432 g/mol. The molecule has 0 aliphatic carbocycles. The van der Waals surface area contributed by atoms with Crippen LogP contribution in [0.5, 0.6) is 0 Å². The second-order valence-corrected chi connectivity index (χ2v) is 7.84. The fourth-order valence-electron chi connectivity index (χ4n) is 2.98.